The van der Waals surface area contributed by atoms with Crippen LogP contribution in [-0.4, -0.2) is 15.5 Å². The molecule has 0 amide bonds. The number of nitrogens with zero attached hydrogens (tertiary/aromatic N) is 2. The van der Waals surface area contributed by atoms with Gasteiger partial charge in [-0.05, 0) is 38.0 Å². The molecule has 1 aromatic rings. The highest BCUT2D eigenvalue weighted by atomic mass is 14.8. The molecule has 0 aromatic carbocycles. The molecule has 2 N–H and O–H groups in total. The SMILES string of the molecule is N[C@@]12CCC[C@@](C#Cc3cnccn3)(CC1)C2. The fourth-order valence-corrected chi connectivity index (χ4v) is 3.27. The summed E-state index contributed by atoms with van der Waals surface area (Å²) < 4.78 is 0. The average molecular weight is 227 g/mol. The van der Waals surface area contributed by atoms with E-state index in [9.17, 15) is 0 Å². The third-order valence-corrected chi connectivity index (χ3v) is 4.14. The van der Waals surface area contributed by atoms with Crippen molar-refractivity contribution in [3.63, 3.8) is 0 Å². The second kappa shape index (κ2) is 3.82. The van der Waals surface area contributed by atoms with Crippen molar-refractivity contribution < 1.29 is 0 Å². The molecule has 1 aromatic heterocycles. The predicted molar refractivity (Wildman–Crippen MR) is 66.0 cm³/mol. The van der Waals surface area contributed by atoms with E-state index in [0.717, 1.165) is 25.0 Å². The molecule has 0 aliphatic heterocycles. The van der Waals surface area contributed by atoms with Crippen molar-refractivity contribution in [3.8, 4) is 11.8 Å². The van der Waals surface area contributed by atoms with Gasteiger partial charge >= 0.3 is 0 Å². The van der Waals surface area contributed by atoms with Gasteiger partial charge in [-0.2, -0.15) is 0 Å². The Balaban J connectivity index is 1.84. The second-order valence-corrected chi connectivity index (χ2v) is 5.51. The van der Waals surface area contributed by atoms with E-state index in [-0.39, 0.29) is 11.0 Å². The van der Waals surface area contributed by atoms with Gasteiger partial charge < -0.3 is 5.73 Å². The third-order valence-electron chi connectivity index (χ3n) is 4.14. The van der Waals surface area contributed by atoms with E-state index < -0.39 is 0 Å². The molecule has 2 fully saturated rings. The molecule has 17 heavy (non-hydrogen) atoms. The van der Waals surface area contributed by atoms with Gasteiger partial charge in [-0.1, -0.05) is 12.3 Å². The molecular formula is C14H17N3. The molecule has 2 atom stereocenters. The summed E-state index contributed by atoms with van der Waals surface area (Å²) in [5.74, 6) is 6.61. The van der Waals surface area contributed by atoms with Gasteiger partial charge in [-0.15, -0.1) is 0 Å². The van der Waals surface area contributed by atoms with Gasteiger partial charge in [0.05, 0.1) is 6.20 Å². The zero-order valence-electron chi connectivity index (χ0n) is 9.95. The van der Waals surface area contributed by atoms with Crippen LogP contribution in [0.25, 0.3) is 0 Å². The minimum Gasteiger partial charge on any atom is -0.325 e. The molecule has 0 unspecified atom stereocenters. The maximum atomic E-state index is 6.36. The van der Waals surface area contributed by atoms with E-state index >= 15 is 0 Å². The van der Waals surface area contributed by atoms with E-state index in [1.165, 1.54) is 19.3 Å². The number of rotatable bonds is 0. The number of aromatic nitrogens is 2. The van der Waals surface area contributed by atoms with Crippen LogP contribution >= 0.6 is 0 Å². The Hall–Kier alpha value is -1.40. The van der Waals surface area contributed by atoms with E-state index in [0.29, 0.717) is 0 Å². The van der Waals surface area contributed by atoms with Crippen LogP contribution in [0.4, 0.5) is 0 Å². The number of nitrogens with two attached hydrogens (primary N) is 1. The smallest absolute Gasteiger partial charge is 0.131 e. The van der Waals surface area contributed by atoms with E-state index in [1.54, 1.807) is 18.6 Å². The van der Waals surface area contributed by atoms with Crippen molar-refractivity contribution >= 4 is 0 Å². The highest BCUT2D eigenvalue weighted by Crippen LogP contribution is 2.52. The summed E-state index contributed by atoms with van der Waals surface area (Å²) in [6, 6.07) is 0. The Morgan fingerprint density at radius 3 is 2.94 bits per heavy atom. The molecular weight excluding hydrogens is 210 g/mol. The normalized spacial score (nSPS) is 35.1. The first-order chi connectivity index (χ1) is 8.20. The maximum Gasteiger partial charge on any atom is 0.131 e. The monoisotopic (exact) mass is 227 g/mol. The van der Waals surface area contributed by atoms with Crippen molar-refractivity contribution in [1.29, 1.82) is 0 Å². The van der Waals surface area contributed by atoms with E-state index in [4.69, 9.17) is 5.73 Å². The van der Waals surface area contributed by atoms with Gasteiger partial charge in [0.1, 0.15) is 5.69 Å². The molecule has 2 saturated carbocycles. The molecule has 3 rings (SSSR count). The van der Waals surface area contributed by atoms with Gasteiger partial charge in [0, 0.05) is 23.3 Å². The van der Waals surface area contributed by atoms with Gasteiger partial charge in [0.25, 0.3) is 0 Å². The molecule has 0 spiro atoms. The Morgan fingerprint density at radius 1 is 1.18 bits per heavy atom. The fourth-order valence-electron chi connectivity index (χ4n) is 3.27. The van der Waals surface area contributed by atoms with Crippen molar-refractivity contribution in [2.45, 2.75) is 44.1 Å². The highest BCUT2D eigenvalue weighted by molar-refractivity contribution is 5.30. The Kier molecular flexibility index (Phi) is 2.41. The van der Waals surface area contributed by atoms with Crippen LogP contribution in [0.2, 0.25) is 0 Å². The quantitative estimate of drug-likeness (QED) is 0.688. The lowest BCUT2D eigenvalue weighted by Gasteiger charge is -2.33. The first kappa shape index (κ1) is 10.7. The summed E-state index contributed by atoms with van der Waals surface area (Å²) in [6.45, 7) is 0. The van der Waals surface area contributed by atoms with E-state index in [2.05, 4.69) is 21.8 Å². The zero-order chi connectivity index (χ0) is 11.8. The minimum absolute atomic E-state index is 0.0648. The molecule has 88 valence electrons. The topological polar surface area (TPSA) is 51.8 Å². The summed E-state index contributed by atoms with van der Waals surface area (Å²) in [6.07, 6.45) is 12.0. The maximum absolute atomic E-state index is 6.36. The lowest BCUT2D eigenvalue weighted by molar-refractivity contribution is 0.257. The molecule has 2 aliphatic rings. The molecule has 3 heteroatoms. The van der Waals surface area contributed by atoms with Crippen LogP contribution in [0, 0.1) is 17.3 Å². The second-order valence-electron chi connectivity index (χ2n) is 5.51. The first-order valence-electron chi connectivity index (χ1n) is 6.28. The summed E-state index contributed by atoms with van der Waals surface area (Å²) in [5.41, 5.74) is 7.35. The predicted octanol–water partition coefficient (Wildman–Crippen LogP) is 1.88. The van der Waals surface area contributed by atoms with Gasteiger partial charge in [-0.25, -0.2) is 4.98 Å². The van der Waals surface area contributed by atoms with Crippen molar-refractivity contribution in [3.05, 3.63) is 24.3 Å². The largest absolute Gasteiger partial charge is 0.325 e. The summed E-state index contributed by atoms with van der Waals surface area (Å²) in [7, 11) is 0. The van der Waals surface area contributed by atoms with Gasteiger partial charge in [-0.3, -0.25) is 4.98 Å². The van der Waals surface area contributed by atoms with Crippen LogP contribution in [0.3, 0.4) is 0 Å². The number of fused-ring (bicyclic) bond motifs is 2. The van der Waals surface area contributed by atoms with Gasteiger partial charge in [0.15, 0.2) is 0 Å². The van der Waals surface area contributed by atoms with Crippen LogP contribution in [0.5, 0.6) is 0 Å². The average Bonchev–Trinajstić information content (AvgIpc) is 2.59. The molecule has 0 radical (unpaired) electrons. The highest BCUT2D eigenvalue weighted by Gasteiger charge is 2.48. The van der Waals surface area contributed by atoms with Crippen molar-refractivity contribution in [2.75, 3.05) is 0 Å². The molecule has 0 saturated heterocycles. The lowest BCUT2D eigenvalue weighted by atomic mass is 9.74. The lowest BCUT2D eigenvalue weighted by Crippen LogP contribution is -2.40. The summed E-state index contributed by atoms with van der Waals surface area (Å²) >= 11 is 0. The Morgan fingerprint density at radius 2 is 2.12 bits per heavy atom. The van der Waals surface area contributed by atoms with Gasteiger partial charge in [0.2, 0.25) is 0 Å². The standard InChI is InChI=1S/C14H17N3/c15-14-4-1-3-13(11-14,6-7-14)5-2-12-10-16-8-9-17-12/h8-10H,1,3-4,6-7,11,15H2/t13-,14+/m1/s1. The molecule has 2 aliphatic carbocycles. The van der Waals surface area contributed by atoms with Crippen LogP contribution in [0.15, 0.2) is 18.6 Å². The fraction of sp³-hybridized carbons (Fsp3) is 0.571. The van der Waals surface area contributed by atoms with Crippen molar-refractivity contribution in [2.24, 2.45) is 11.1 Å². The van der Waals surface area contributed by atoms with Crippen LogP contribution in [0.1, 0.15) is 44.2 Å². The summed E-state index contributed by atoms with van der Waals surface area (Å²) in [5, 5.41) is 0. The first-order valence-corrected chi connectivity index (χ1v) is 6.28. The minimum atomic E-state index is 0.0648. The Bertz CT molecular complexity index is 473. The van der Waals surface area contributed by atoms with Crippen LogP contribution in [-0.2, 0) is 0 Å². The van der Waals surface area contributed by atoms with Crippen LogP contribution < -0.4 is 5.73 Å². The molecule has 2 bridgehead atoms. The summed E-state index contributed by atoms with van der Waals surface area (Å²) in [4.78, 5) is 8.22. The number of hydrogen-bond donors (Lipinski definition) is 1. The number of hydrogen-bond acceptors (Lipinski definition) is 3. The van der Waals surface area contributed by atoms with Crippen molar-refractivity contribution in [1.82, 2.24) is 9.97 Å². The zero-order valence-corrected chi connectivity index (χ0v) is 9.95. The van der Waals surface area contributed by atoms with E-state index in [1.807, 2.05) is 0 Å². The molecule has 3 nitrogen and oxygen atoms in total. The Labute approximate surface area is 102 Å². The third kappa shape index (κ3) is 2.05. The molecule has 1 heterocycles.